The van der Waals surface area contributed by atoms with Crippen LogP contribution in [-0.2, 0) is 24.0 Å². The summed E-state index contributed by atoms with van der Waals surface area (Å²) < 4.78 is 22.4. The van der Waals surface area contributed by atoms with E-state index in [0.29, 0.717) is 19.6 Å². The predicted molar refractivity (Wildman–Crippen MR) is 115 cm³/mol. The van der Waals surface area contributed by atoms with E-state index < -0.39 is 11.1 Å². The topological polar surface area (TPSA) is 82.3 Å². The Labute approximate surface area is 168 Å². The van der Waals surface area contributed by atoms with Crippen molar-refractivity contribution in [2.75, 3.05) is 23.7 Å². The molecule has 0 aliphatic heterocycles. The van der Waals surface area contributed by atoms with E-state index in [1.807, 2.05) is 41.3 Å². The van der Waals surface area contributed by atoms with Gasteiger partial charge in [0.15, 0.2) is 0 Å². The van der Waals surface area contributed by atoms with Crippen molar-refractivity contribution in [3.63, 3.8) is 0 Å². The van der Waals surface area contributed by atoms with E-state index in [-0.39, 0.29) is 5.75 Å². The van der Waals surface area contributed by atoms with Crippen molar-refractivity contribution < 1.29 is 8.76 Å². The van der Waals surface area contributed by atoms with E-state index in [2.05, 4.69) is 25.1 Å². The van der Waals surface area contributed by atoms with Crippen LogP contribution in [0.5, 0.6) is 0 Å². The van der Waals surface area contributed by atoms with Crippen LogP contribution >= 0.6 is 0 Å². The van der Waals surface area contributed by atoms with E-state index in [1.54, 1.807) is 0 Å². The highest BCUT2D eigenvalue weighted by Gasteiger charge is 2.13. The van der Waals surface area contributed by atoms with E-state index in [0.717, 1.165) is 35.1 Å². The molecule has 1 unspecified atom stereocenters. The Bertz CT molecular complexity index is 947. The summed E-state index contributed by atoms with van der Waals surface area (Å²) >= 11 is -2.09. The van der Waals surface area contributed by atoms with Crippen LogP contribution in [0.15, 0.2) is 54.6 Å². The number of fused-ring (bicyclic) bond motifs is 1. The monoisotopic (exact) mass is 396 g/mol. The molecule has 1 heterocycles. The van der Waals surface area contributed by atoms with E-state index in [1.165, 1.54) is 11.1 Å². The molecule has 0 saturated carbocycles. The lowest BCUT2D eigenvalue weighted by atomic mass is 10.0. The number of rotatable bonds is 9. The zero-order valence-corrected chi connectivity index (χ0v) is 17.0. The summed E-state index contributed by atoms with van der Waals surface area (Å²) in [5, 5.41) is 1.14. The highest BCUT2D eigenvalue weighted by atomic mass is 32.2. The highest BCUT2D eigenvalue weighted by molar-refractivity contribution is 7.79. The van der Waals surface area contributed by atoms with Gasteiger partial charge in [-0.05, 0) is 55.6 Å². The van der Waals surface area contributed by atoms with Gasteiger partial charge in [0.1, 0.15) is 5.82 Å². The van der Waals surface area contributed by atoms with Gasteiger partial charge in [-0.1, -0.05) is 53.0 Å². The first kappa shape index (κ1) is 20.5. The van der Waals surface area contributed by atoms with Gasteiger partial charge in [0.25, 0.3) is 0 Å². The minimum Gasteiger partial charge on any atom is -0.772 e. The molecule has 0 bridgehead atoms. The highest BCUT2D eigenvalue weighted by Crippen LogP contribution is 2.26. The molecule has 0 aliphatic carbocycles. The minimum absolute atomic E-state index is 0.0680. The van der Waals surface area contributed by atoms with E-state index >= 15 is 0 Å². The second-order valence-corrected chi connectivity index (χ2v) is 7.98. The summed E-state index contributed by atoms with van der Waals surface area (Å²) in [5.41, 5.74) is 10.2. The Kier molecular flexibility index (Phi) is 7.14. The van der Waals surface area contributed by atoms with Crippen LogP contribution in [0.4, 0.5) is 5.82 Å². The van der Waals surface area contributed by atoms with Gasteiger partial charge in [0.2, 0.25) is 0 Å². The molecule has 28 heavy (non-hydrogen) atoms. The molecule has 0 amide bonds. The van der Waals surface area contributed by atoms with Gasteiger partial charge in [0.05, 0.1) is 5.52 Å². The molecular weight excluding hydrogens is 370 g/mol. The molecule has 1 aromatic heterocycles. The molecule has 0 aliphatic rings. The molecule has 148 valence electrons. The predicted octanol–water partition coefficient (Wildman–Crippen LogP) is 3.32. The molecule has 1 atom stereocenters. The summed E-state index contributed by atoms with van der Waals surface area (Å²) in [6, 6.07) is 18.4. The first-order valence-corrected chi connectivity index (χ1v) is 10.8. The quantitative estimate of drug-likeness (QED) is 0.561. The van der Waals surface area contributed by atoms with E-state index in [4.69, 9.17) is 10.7 Å². The van der Waals surface area contributed by atoms with Crippen LogP contribution in [0.1, 0.15) is 23.1 Å². The Morgan fingerprint density at radius 1 is 1.14 bits per heavy atom. The average molecular weight is 397 g/mol. The Morgan fingerprint density at radius 3 is 2.64 bits per heavy atom. The van der Waals surface area contributed by atoms with Gasteiger partial charge in [-0.15, -0.1) is 0 Å². The minimum atomic E-state index is -2.09. The molecule has 0 radical (unpaired) electrons. The Hall–Kier alpha value is -2.28. The molecule has 2 aromatic carbocycles. The van der Waals surface area contributed by atoms with Gasteiger partial charge in [0, 0.05) is 24.2 Å². The van der Waals surface area contributed by atoms with Gasteiger partial charge in [-0.25, -0.2) is 4.98 Å². The number of hydrogen-bond donors (Lipinski definition) is 1. The largest absolute Gasteiger partial charge is 0.772 e. The number of hydrogen-bond acceptors (Lipinski definition) is 5. The molecule has 0 saturated heterocycles. The van der Waals surface area contributed by atoms with Gasteiger partial charge in [-0.2, -0.15) is 0 Å². The van der Waals surface area contributed by atoms with Crippen LogP contribution in [-0.4, -0.2) is 32.6 Å². The molecular formula is C22H26N3O2S-. The molecule has 3 rings (SSSR count). The number of nitrogens with two attached hydrogens (primary N) is 1. The molecule has 0 spiro atoms. The number of aryl methyl sites for hydroxylation is 2. The maximum absolute atomic E-state index is 11.2. The van der Waals surface area contributed by atoms with Crippen molar-refractivity contribution in [2.45, 2.75) is 26.3 Å². The van der Waals surface area contributed by atoms with E-state index in [9.17, 15) is 8.76 Å². The third-order valence-corrected chi connectivity index (χ3v) is 5.27. The zero-order chi connectivity index (χ0) is 19.9. The normalized spacial score (nSPS) is 12.2. The second-order valence-electron chi connectivity index (χ2n) is 6.97. The second kappa shape index (κ2) is 9.78. The molecule has 5 nitrogen and oxygen atoms in total. The average Bonchev–Trinajstić information content (AvgIpc) is 2.70. The Balaban J connectivity index is 2.01. The fourth-order valence-corrected chi connectivity index (χ4v) is 3.69. The number of anilines is 1. The summed E-state index contributed by atoms with van der Waals surface area (Å²) in [6.45, 7) is 3.71. The van der Waals surface area contributed by atoms with Crippen LogP contribution in [0.3, 0.4) is 0 Å². The van der Waals surface area contributed by atoms with Crippen LogP contribution in [0, 0.1) is 6.92 Å². The van der Waals surface area contributed by atoms with Crippen LogP contribution < -0.4 is 10.6 Å². The fourth-order valence-electron chi connectivity index (χ4n) is 3.32. The van der Waals surface area contributed by atoms with Crippen LogP contribution in [0.25, 0.3) is 10.9 Å². The molecule has 6 heteroatoms. The van der Waals surface area contributed by atoms with Crippen molar-refractivity contribution in [2.24, 2.45) is 5.73 Å². The van der Waals surface area contributed by atoms with Gasteiger partial charge >= 0.3 is 0 Å². The summed E-state index contributed by atoms with van der Waals surface area (Å²) in [4.78, 5) is 6.89. The SMILES string of the molecule is Cc1ccc2nc(N(CCS(=O)[O-])Cc3ccccc3)cc(CCCN)c2c1. The third kappa shape index (κ3) is 5.38. The number of pyridine rings is 1. The Morgan fingerprint density at radius 2 is 1.93 bits per heavy atom. The van der Waals surface area contributed by atoms with Crippen LogP contribution in [0.2, 0.25) is 0 Å². The lowest BCUT2D eigenvalue weighted by molar-refractivity contribution is 0.536. The number of nitrogens with zero attached hydrogens (tertiary/aromatic N) is 2. The summed E-state index contributed by atoms with van der Waals surface area (Å²) in [7, 11) is 0. The van der Waals surface area contributed by atoms with Crippen molar-refractivity contribution >= 4 is 27.8 Å². The smallest absolute Gasteiger partial charge is 0.129 e. The maximum atomic E-state index is 11.2. The van der Waals surface area contributed by atoms with Gasteiger partial charge in [-0.3, -0.25) is 4.21 Å². The standard InChI is InChI=1S/C22H27N3O2S/c1-17-9-10-21-20(14-17)19(8-5-11-23)15-22(24-21)25(12-13-28(26)27)16-18-6-3-2-4-7-18/h2-4,6-7,9-10,14-15H,5,8,11-13,16,23H2,1H3,(H,26,27)/p-1. The fraction of sp³-hybridized carbons (Fsp3) is 0.318. The lowest BCUT2D eigenvalue weighted by Gasteiger charge is -2.26. The molecule has 3 aromatic rings. The first-order valence-electron chi connectivity index (χ1n) is 9.52. The molecule has 2 N–H and O–H groups in total. The van der Waals surface area contributed by atoms with Gasteiger partial charge < -0.3 is 15.2 Å². The summed E-state index contributed by atoms with van der Waals surface area (Å²) in [6.07, 6.45) is 1.77. The first-order chi connectivity index (χ1) is 13.6. The van der Waals surface area contributed by atoms with Crippen molar-refractivity contribution in [1.29, 1.82) is 0 Å². The molecule has 0 fully saturated rings. The summed E-state index contributed by atoms with van der Waals surface area (Å²) in [5.74, 6) is 0.871. The number of benzene rings is 2. The van der Waals surface area contributed by atoms with Crippen molar-refractivity contribution in [1.82, 2.24) is 4.98 Å². The lowest BCUT2D eigenvalue weighted by Crippen LogP contribution is -2.28. The maximum Gasteiger partial charge on any atom is 0.129 e. The van der Waals surface area contributed by atoms with Crippen molar-refractivity contribution in [3.05, 3.63) is 71.3 Å². The van der Waals surface area contributed by atoms with Crippen molar-refractivity contribution in [3.8, 4) is 0 Å². The third-order valence-electron chi connectivity index (χ3n) is 4.75. The zero-order valence-electron chi connectivity index (χ0n) is 16.1. The number of aromatic nitrogens is 1.